The molecule has 2 N–H and O–H groups in total. The molecule has 0 heterocycles. The van der Waals surface area contributed by atoms with E-state index in [0.717, 1.165) is 12.1 Å². The van der Waals surface area contributed by atoms with Gasteiger partial charge >= 0.3 is 6.18 Å². The maximum Gasteiger partial charge on any atom is 0.419 e. The second kappa shape index (κ2) is 8.56. The molecule has 32 heavy (non-hydrogen) atoms. The number of rotatable bonds is 7. The Morgan fingerprint density at radius 1 is 1.19 bits per heavy atom. The first-order valence-corrected chi connectivity index (χ1v) is 9.64. The Hall–Kier alpha value is -3.50. The van der Waals surface area contributed by atoms with Crippen LogP contribution in [0.1, 0.15) is 47.2 Å². The third-order valence-electron chi connectivity index (χ3n) is 5.36. The van der Waals surface area contributed by atoms with Crippen LogP contribution in [0, 0.1) is 15.9 Å². The molecule has 1 atom stereocenters. The van der Waals surface area contributed by atoms with Crippen LogP contribution in [-0.2, 0) is 11.0 Å². The van der Waals surface area contributed by atoms with Crippen LogP contribution in [0.2, 0.25) is 0 Å². The van der Waals surface area contributed by atoms with Gasteiger partial charge in [-0.05, 0) is 37.5 Å². The Balaban J connectivity index is 1.64. The van der Waals surface area contributed by atoms with Crippen LogP contribution in [0.15, 0.2) is 42.5 Å². The molecule has 1 aliphatic rings. The average molecular weight is 453 g/mol. The van der Waals surface area contributed by atoms with E-state index in [1.807, 2.05) is 0 Å². The fourth-order valence-corrected chi connectivity index (χ4v) is 3.20. The first-order chi connectivity index (χ1) is 14.9. The summed E-state index contributed by atoms with van der Waals surface area (Å²) in [6.45, 7) is 1.54. The predicted octanol–water partition coefficient (Wildman–Crippen LogP) is 3.94. The van der Waals surface area contributed by atoms with Gasteiger partial charge < -0.3 is 10.6 Å². The zero-order chi connectivity index (χ0) is 23.7. The third kappa shape index (κ3) is 5.04. The summed E-state index contributed by atoms with van der Waals surface area (Å²) < 4.78 is 52.9. The average Bonchev–Trinajstić information content (AvgIpc) is 3.50. The number of benzene rings is 2. The van der Waals surface area contributed by atoms with Gasteiger partial charge in [-0.25, -0.2) is 4.39 Å². The fourth-order valence-electron chi connectivity index (χ4n) is 3.20. The quantitative estimate of drug-likeness (QED) is 0.377. The lowest BCUT2D eigenvalue weighted by atomic mass is 9.99. The topological polar surface area (TPSA) is 101 Å². The van der Waals surface area contributed by atoms with Crippen molar-refractivity contribution in [3.05, 3.63) is 75.1 Å². The summed E-state index contributed by atoms with van der Waals surface area (Å²) in [5, 5.41) is 16.1. The number of nitrogens with zero attached hydrogens (tertiary/aromatic N) is 1. The third-order valence-corrected chi connectivity index (χ3v) is 5.36. The predicted molar refractivity (Wildman–Crippen MR) is 105 cm³/mol. The number of nitro benzene ring substituents is 1. The molecule has 0 radical (unpaired) electrons. The highest BCUT2D eigenvalue weighted by Gasteiger charge is 2.45. The van der Waals surface area contributed by atoms with Crippen molar-refractivity contribution < 1.29 is 32.1 Å². The van der Waals surface area contributed by atoms with Gasteiger partial charge in [0, 0.05) is 18.7 Å². The highest BCUT2D eigenvalue weighted by atomic mass is 19.4. The lowest BCUT2D eigenvalue weighted by molar-refractivity contribution is -0.384. The van der Waals surface area contributed by atoms with Crippen LogP contribution < -0.4 is 10.6 Å². The standard InChI is InChI=1S/C21H19F4N3O4/c1-12(13-4-2-5-14(10-13)28(31)32)18(29)26-11-20(8-9-20)27-19(30)15-6-3-7-16(17(15)22)21(23,24)25/h2-7,10,12H,8-9,11H2,1H3,(H,26,29)(H,27,30). The zero-order valence-corrected chi connectivity index (χ0v) is 16.8. The van der Waals surface area contributed by atoms with E-state index >= 15 is 0 Å². The van der Waals surface area contributed by atoms with Crippen molar-refractivity contribution >= 4 is 17.5 Å². The number of carbonyl (C=O) groups excluding carboxylic acids is 2. The Kier molecular flexibility index (Phi) is 6.20. The van der Waals surface area contributed by atoms with Crippen LogP contribution in [0.25, 0.3) is 0 Å². The van der Waals surface area contributed by atoms with Crippen LogP contribution in [0.4, 0.5) is 23.2 Å². The number of amides is 2. The molecule has 2 amide bonds. The minimum absolute atomic E-state index is 0.0164. The highest BCUT2D eigenvalue weighted by molar-refractivity contribution is 5.95. The number of hydrogen-bond donors (Lipinski definition) is 2. The number of carbonyl (C=O) groups is 2. The molecule has 0 saturated heterocycles. The maximum atomic E-state index is 14.2. The lowest BCUT2D eigenvalue weighted by Gasteiger charge is -2.20. The largest absolute Gasteiger partial charge is 0.419 e. The number of nitro groups is 1. The molecule has 170 valence electrons. The molecular weight excluding hydrogens is 434 g/mol. The summed E-state index contributed by atoms with van der Waals surface area (Å²) >= 11 is 0. The molecule has 0 aromatic heterocycles. The molecule has 1 aliphatic carbocycles. The van der Waals surface area contributed by atoms with E-state index in [4.69, 9.17) is 0 Å². The van der Waals surface area contributed by atoms with E-state index in [1.54, 1.807) is 13.0 Å². The number of alkyl halides is 3. The van der Waals surface area contributed by atoms with E-state index in [9.17, 15) is 37.3 Å². The van der Waals surface area contributed by atoms with Crippen molar-refractivity contribution in [3.63, 3.8) is 0 Å². The zero-order valence-electron chi connectivity index (χ0n) is 16.8. The van der Waals surface area contributed by atoms with Crippen LogP contribution in [-0.4, -0.2) is 28.8 Å². The summed E-state index contributed by atoms with van der Waals surface area (Å²) in [5.74, 6) is -3.83. The molecule has 1 fully saturated rings. The molecule has 0 bridgehead atoms. The van der Waals surface area contributed by atoms with Gasteiger partial charge in [-0.2, -0.15) is 13.2 Å². The fraction of sp³-hybridized carbons (Fsp3) is 0.333. The minimum atomic E-state index is -4.94. The smallest absolute Gasteiger partial charge is 0.353 e. The van der Waals surface area contributed by atoms with Gasteiger partial charge in [-0.15, -0.1) is 0 Å². The minimum Gasteiger partial charge on any atom is -0.353 e. The van der Waals surface area contributed by atoms with Crippen LogP contribution in [0.5, 0.6) is 0 Å². The Bertz CT molecular complexity index is 1070. The molecule has 11 heteroatoms. The first kappa shape index (κ1) is 23.2. The summed E-state index contributed by atoms with van der Waals surface area (Å²) in [4.78, 5) is 35.2. The van der Waals surface area contributed by atoms with E-state index in [0.29, 0.717) is 24.5 Å². The molecule has 2 aromatic carbocycles. The normalized spacial score (nSPS) is 15.5. The van der Waals surface area contributed by atoms with E-state index in [1.165, 1.54) is 18.2 Å². The molecule has 7 nitrogen and oxygen atoms in total. The molecule has 3 rings (SSSR count). The molecule has 1 unspecified atom stereocenters. The maximum absolute atomic E-state index is 14.2. The molecule has 1 saturated carbocycles. The summed E-state index contributed by atoms with van der Waals surface area (Å²) in [5.41, 5.74) is -2.89. The second-order valence-corrected chi connectivity index (χ2v) is 7.69. The Morgan fingerprint density at radius 2 is 1.84 bits per heavy atom. The van der Waals surface area contributed by atoms with Gasteiger partial charge in [-0.3, -0.25) is 19.7 Å². The Morgan fingerprint density at radius 3 is 2.44 bits per heavy atom. The lowest BCUT2D eigenvalue weighted by Crippen LogP contribution is -2.46. The number of nitrogens with one attached hydrogen (secondary N) is 2. The SMILES string of the molecule is CC(C(=O)NCC1(NC(=O)c2cccc(C(F)(F)F)c2F)CC1)c1cccc([N+](=O)[O-])c1. The molecular formula is C21H19F4N3O4. The summed E-state index contributed by atoms with van der Waals surface area (Å²) in [6, 6.07) is 8.08. The second-order valence-electron chi connectivity index (χ2n) is 7.69. The molecule has 0 aliphatic heterocycles. The summed E-state index contributed by atoms with van der Waals surface area (Å²) in [7, 11) is 0. The number of halogens is 4. The van der Waals surface area contributed by atoms with Gasteiger partial charge in [0.2, 0.25) is 5.91 Å². The number of hydrogen-bond acceptors (Lipinski definition) is 4. The van der Waals surface area contributed by atoms with Crippen LogP contribution in [0.3, 0.4) is 0 Å². The van der Waals surface area contributed by atoms with E-state index in [2.05, 4.69) is 10.6 Å². The van der Waals surface area contributed by atoms with Crippen molar-refractivity contribution in [1.29, 1.82) is 0 Å². The summed E-state index contributed by atoms with van der Waals surface area (Å²) in [6.07, 6.45) is -4.04. The Labute approximate surface area is 180 Å². The van der Waals surface area contributed by atoms with Gasteiger partial charge in [0.05, 0.1) is 27.5 Å². The molecule has 0 spiro atoms. The monoisotopic (exact) mass is 453 g/mol. The first-order valence-electron chi connectivity index (χ1n) is 9.64. The highest BCUT2D eigenvalue weighted by Crippen LogP contribution is 2.36. The van der Waals surface area contributed by atoms with Crippen molar-refractivity contribution in [2.24, 2.45) is 0 Å². The number of non-ortho nitro benzene ring substituents is 1. The van der Waals surface area contributed by atoms with Gasteiger partial charge in [0.25, 0.3) is 11.6 Å². The molecule has 2 aromatic rings. The van der Waals surface area contributed by atoms with Gasteiger partial charge in [0.1, 0.15) is 5.82 Å². The van der Waals surface area contributed by atoms with Gasteiger partial charge in [0.15, 0.2) is 0 Å². The van der Waals surface area contributed by atoms with Crippen molar-refractivity contribution in [1.82, 2.24) is 10.6 Å². The van der Waals surface area contributed by atoms with Crippen molar-refractivity contribution in [2.75, 3.05) is 6.54 Å². The van der Waals surface area contributed by atoms with E-state index in [-0.39, 0.29) is 12.2 Å². The van der Waals surface area contributed by atoms with Gasteiger partial charge in [-0.1, -0.05) is 18.2 Å². The van der Waals surface area contributed by atoms with Crippen molar-refractivity contribution in [3.8, 4) is 0 Å². The van der Waals surface area contributed by atoms with Crippen LogP contribution >= 0.6 is 0 Å². The van der Waals surface area contributed by atoms with Crippen molar-refractivity contribution in [2.45, 2.75) is 37.4 Å². The van der Waals surface area contributed by atoms with E-state index < -0.39 is 51.3 Å².